The van der Waals surface area contributed by atoms with Gasteiger partial charge < -0.3 is 14.4 Å². The van der Waals surface area contributed by atoms with Gasteiger partial charge in [0, 0.05) is 50.5 Å². The van der Waals surface area contributed by atoms with Gasteiger partial charge in [-0.05, 0) is 36.8 Å². The van der Waals surface area contributed by atoms with Crippen LogP contribution in [0.4, 0.5) is 5.69 Å². The third kappa shape index (κ3) is 1.99. The lowest BCUT2D eigenvalue weighted by atomic mass is 9.62. The second kappa shape index (κ2) is 6.00. The van der Waals surface area contributed by atoms with Gasteiger partial charge in [0.05, 0.1) is 11.5 Å². The van der Waals surface area contributed by atoms with E-state index in [2.05, 4.69) is 48.0 Å². The number of hydrogen-bond donors (Lipinski definition) is 0. The van der Waals surface area contributed by atoms with Gasteiger partial charge in [0.1, 0.15) is 6.10 Å². The van der Waals surface area contributed by atoms with Crippen molar-refractivity contribution in [2.75, 3.05) is 11.9 Å². The summed E-state index contributed by atoms with van der Waals surface area (Å²) in [5.41, 5.74) is 2.41. The minimum atomic E-state index is -0.203. The number of nitrogens with zero attached hydrogens (tertiary/aromatic N) is 2. The third-order valence-electron chi connectivity index (χ3n) is 8.98. The van der Waals surface area contributed by atoms with E-state index in [4.69, 9.17) is 9.47 Å². The van der Waals surface area contributed by atoms with Crippen molar-refractivity contribution in [2.45, 2.75) is 75.9 Å². The van der Waals surface area contributed by atoms with E-state index in [1.807, 2.05) is 0 Å². The molecule has 1 saturated carbocycles. The molecule has 10 atom stereocenters. The summed E-state index contributed by atoms with van der Waals surface area (Å²) in [6.45, 7) is 5.26. The number of carbonyl (C=O) groups is 2. The maximum Gasteiger partial charge on any atom is 0.304 e. The first kappa shape index (κ1) is 18.7. The van der Waals surface area contributed by atoms with Gasteiger partial charge in [0.15, 0.2) is 6.23 Å². The van der Waals surface area contributed by atoms with E-state index in [0.29, 0.717) is 29.8 Å². The molecule has 5 bridgehead atoms. The standard InChI is InChI=1S/C24H30N2O4/c1-5-14-15-10-18-21-24(16-8-6-7-9-17(16)25(21)4)11-19(20(15)22(24)29-12(2)27)26(18)23(14)30-13(3)28/h6-9,14-15,18-23H,5,10-11H2,1-4H3/t14-,15-,18-,19-,20-,21-,22+,23+,24?/m1/s1. The van der Waals surface area contributed by atoms with Crippen LogP contribution in [0.2, 0.25) is 0 Å². The molecule has 0 aromatic heterocycles. The minimum Gasteiger partial charge on any atom is -0.461 e. The van der Waals surface area contributed by atoms with Crippen molar-refractivity contribution in [3.63, 3.8) is 0 Å². The van der Waals surface area contributed by atoms with Gasteiger partial charge in [-0.3, -0.25) is 14.5 Å². The van der Waals surface area contributed by atoms with Gasteiger partial charge in [-0.2, -0.15) is 0 Å². The summed E-state index contributed by atoms with van der Waals surface area (Å²) >= 11 is 0. The van der Waals surface area contributed by atoms with Gasteiger partial charge in [0.25, 0.3) is 0 Å². The molecule has 1 aromatic carbocycles. The second-order valence-corrected chi connectivity index (χ2v) is 9.98. The molecule has 6 nitrogen and oxygen atoms in total. The zero-order valence-corrected chi connectivity index (χ0v) is 18.1. The van der Waals surface area contributed by atoms with E-state index in [9.17, 15) is 9.59 Å². The van der Waals surface area contributed by atoms with Crippen LogP contribution >= 0.6 is 0 Å². The van der Waals surface area contributed by atoms with Crippen LogP contribution in [0.1, 0.15) is 45.6 Å². The first-order valence-corrected chi connectivity index (χ1v) is 11.3. The summed E-state index contributed by atoms with van der Waals surface area (Å²) in [6.07, 6.45) is 2.72. The van der Waals surface area contributed by atoms with Crippen LogP contribution in [0, 0.1) is 17.8 Å². The van der Waals surface area contributed by atoms with Crippen LogP contribution in [0.3, 0.4) is 0 Å². The molecule has 7 rings (SSSR count). The van der Waals surface area contributed by atoms with Crippen LogP contribution in [0.5, 0.6) is 0 Å². The summed E-state index contributed by atoms with van der Waals surface area (Å²) in [7, 11) is 2.18. The quantitative estimate of drug-likeness (QED) is 0.714. The van der Waals surface area contributed by atoms with Crippen LogP contribution in [-0.4, -0.2) is 54.3 Å². The summed E-state index contributed by atoms with van der Waals surface area (Å²) in [6, 6.07) is 9.46. The highest BCUT2D eigenvalue weighted by molar-refractivity contribution is 5.70. The summed E-state index contributed by atoms with van der Waals surface area (Å²) in [5.74, 6) is 0.608. The van der Waals surface area contributed by atoms with E-state index in [0.717, 1.165) is 19.3 Å². The maximum atomic E-state index is 12.3. The monoisotopic (exact) mass is 410 g/mol. The molecule has 160 valence electrons. The Bertz CT molecular complexity index is 934. The fourth-order valence-corrected chi connectivity index (χ4v) is 8.49. The van der Waals surface area contributed by atoms with Crippen molar-refractivity contribution >= 4 is 17.6 Å². The van der Waals surface area contributed by atoms with Crippen molar-refractivity contribution in [3.8, 4) is 0 Å². The molecular formula is C24H30N2O4. The van der Waals surface area contributed by atoms with E-state index < -0.39 is 0 Å². The normalized spacial score (nSPS) is 46.5. The van der Waals surface area contributed by atoms with Crippen LogP contribution < -0.4 is 4.90 Å². The average molecular weight is 411 g/mol. The lowest BCUT2D eigenvalue weighted by molar-refractivity contribution is -0.228. The number of ether oxygens (including phenoxy) is 2. The SMILES string of the molecule is CC[C@@H]1[C@H]2C[C@@H]3[C@H]4N(C)c5ccccc5C45C[C@H]([C@@H]2[C@@H]5OC(C)=O)N3[C@H]1OC(C)=O. The number of fused-ring (bicyclic) bond motifs is 2. The number of carbonyl (C=O) groups excluding carboxylic acids is 2. The van der Waals surface area contributed by atoms with Gasteiger partial charge in [-0.25, -0.2) is 0 Å². The van der Waals surface area contributed by atoms with Crippen molar-refractivity contribution in [3.05, 3.63) is 29.8 Å². The number of para-hydroxylation sites is 1. The van der Waals surface area contributed by atoms with Gasteiger partial charge in [-0.15, -0.1) is 0 Å². The van der Waals surface area contributed by atoms with Crippen LogP contribution in [-0.2, 0) is 24.5 Å². The van der Waals surface area contributed by atoms with Crippen molar-refractivity contribution in [1.29, 1.82) is 0 Å². The molecule has 6 aliphatic rings. The van der Waals surface area contributed by atoms with E-state index in [1.165, 1.54) is 18.2 Å². The minimum absolute atomic E-state index is 0.122. The van der Waals surface area contributed by atoms with Crippen molar-refractivity contribution in [1.82, 2.24) is 4.90 Å². The van der Waals surface area contributed by atoms with E-state index in [-0.39, 0.29) is 35.7 Å². The van der Waals surface area contributed by atoms with E-state index in [1.54, 1.807) is 6.92 Å². The molecule has 1 aliphatic carbocycles. The highest BCUT2D eigenvalue weighted by atomic mass is 16.6. The molecule has 30 heavy (non-hydrogen) atoms. The number of likely N-dealkylation sites (N-methyl/N-ethyl adjacent to an activating group) is 1. The second-order valence-electron chi connectivity index (χ2n) is 9.98. The predicted molar refractivity (Wildman–Crippen MR) is 111 cm³/mol. The molecule has 5 fully saturated rings. The smallest absolute Gasteiger partial charge is 0.304 e. The molecule has 4 saturated heterocycles. The Kier molecular flexibility index (Phi) is 3.73. The first-order chi connectivity index (χ1) is 14.4. The third-order valence-corrected chi connectivity index (χ3v) is 8.98. The predicted octanol–water partition coefficient (Wildman–Crippen LogP) is 2.70. The molecular weight excluding hydrogens is 380 g/mol. The van der Waals surface area contributed by atoms with Gasteiger partial charge >= 0.3 is 11.9 Å². The molecule has 0 N–H and O–H groups in total. The Balaban J connectivity index is 1.56. The Hall–Kier alpha value is -2.08. The number of hydrogen-bond acceptors (Lipinski definition) is 6. The fourth-order valence-electron chi connectivity index (χ4n) is 8.49. The van der Waals surface area contributed by atoms with Gasteiger partial charge in [0.2, 0.25) is 0 Å². The Morgan fingerprint density at radius 1 is 1.13 bits per heavy atom. The summed E-state index contributed by atoms with van der Waals surface area (Å²) in [4.78, 5) is 29.2. The molecule has 1 spiro atoms. The maximum absolute atomic E-state index is 12.3. The zero-order chi connectivity index (χ0) is 20.9. The first-order valence-electron chi connectivity index (χ1n) is 11.3. The lowest BCUT2D eigenvalue weighted by Crippen LogP contribution is -2.73. The van der Waals surface area contributed by atoms with E-state index >= 15 is 0 Å². The highest BCUT2D eigenvalue weighted by Gasteiger charge is 2.78. The highest BCUT2D eigenvalue weighted by Crippen LogP contribution is 2.69. The number of piperidine rings is 4. The van der Waals surface area contributed by atoms with Crippen LogP contribution in [0.15, 0.2) is 24.3 Å². The number of rotatable bonds is 3. The van der Waals surface area contributed by atoms with Crippen molar-refractivity contribution < 1.29 is 19.1 Å². The largest absolute Gasteiger partial charge is 0.461 e. The number of anilines is 1. The topological polar surface area (TPSA) is 59.1 Å². The number of esters is 2. The summed E-state index contributed by atoms with van der Waals surface area (Å²) < 4.78 is 12.2. The molecule has 5 heterocycles. The Morgan fingerprint density at radius 3 is 2.57 bits per heavy atom. The molecule has 0 amide bonds. The lowest BCUT2D eigenvalue weighted by Gasteiger charge is -2.62. The Labute approximate surface area is 177 Å². The molecule has 1 aromatic rings. The summed E-state index contributed by atoms with van der Waals surface area (Å²) in [5, 5.41) is 0. The average Bonchev–Trinajstić information content (AvgIpc) is 3.10. The zero-order valence-electron chi connectivity index (χ0n) is 18.1. The van der Waals surface area contributed by atoms with Gasteiger partial charge in [-0.1, -0.05) is 25.1 Å². The van der Waals surface area contributed by atoms with Crippen molar-refractivity contribution in [2.24, 2.45) is 17.8 Å². The van der Waals surface area contributed by atoms with Crippen LogP contribution in [0.25, 0.3) is 0 Å². The molecule has 5 aliphatic heterocycles. The Morgan fingerprint density at radius 2 is 1.87 bits per heavy atom. The molecule has 6 heteroatoms. The molecule has 0 radical (unpaired) electrons. The fraction of sp³-hybridized carbons (Fsp3) is 0.667. The number of benzene rings is 1. The molecule has 2 unspecified atom stereocenters.